The molecule has 3 aromatic rings. The average molecular weight is 335 g/mol. The number of tetrazole rings is 1. The van der Waals surface area contributed by atoms with Crippen molar-refractivity contribution < 1.29 is 9.47 Å². The Morgan fingerprint density at radius 3 is 2.56 bits per heavy atom. The van der Waals surface area contributed by atoms with E-state index in [4.69, 9.17) is 9.47 Å². The summed E-state index contributed by atoms with van der Waals surface area (Å²) in [5.74, 6) is 1.95. The lowest BCUT2D eigenvalue weighted by Crippen LogP contribution is -2.20. The molecule has 0 radical (unpaired) electrons. The molecular formula is C18H17N5O2. The number of anilines is 1. The van der Waals surface area contributed by atoms with Gasteiger partial charge in [-0.1, -0.05) is 41.5 Å². The van der Waals surface area contributed by atoms with Crippen molar-refractivity contribution in [3.8, 4) is 11.5 Å². The van der Waals surface area contributed by atoms with Gasteiger partial charge in [0.1, 0.15) is 6.04 Å². The first-order valence-corrected chi connectivity index (χ1v) is 7.84. The topological polar surface area (TPSA) is 74.1 Å². The first-order valence-electron chi connectivity index (χ1n) is 7.84. The van der Waals surface area contributed by atoms with E-state index >= 15 is 0 Å². The molecule has 1 aliphatic heterocycles. The number of rotatable bonds is 4. The maximum absolute atomic E-state index is 5.43. The minimum atomic E-state index is -0.152. The van der Waals surface area contributed by atoms with Crippen molar-refractivity contribution in [2.45, 2.75) is 6.04 Å². The maximum atomic E-state index is 5.43. The second-order valence-corrected chi connectivity index (χ2v) is 5.58. The van der Waals surface area contributed by atoms with Crippen molar-refractivity contribution in [2.75, 3.05) is 19.5 Å². The summed E-state index contributed by atoms with van der Waals surface area (Å²) in [6, 6.07) is 15.7. The van der Waals surface area contributed by atoms with Gasteiger partial charge < -0.3 is 14.8 Å². The average Bonchev–Trinajstić information content (AvgIpc) is 3.16. The number of hydrogen-bond donors (Lipinski definition) is 1. The Labute approximate surface area is 144 Å². The van der Waals surface area contributed by atoms with Crippen LogP contribution in [0.15, 0.2) is 54.6 Å². The van der Waals surface area contributed by atoms with Gasteiger partial charge in [0.25, 0.3) is 0 Å². The summed E-state index contributed by atoms with van der Waals surface area (Å²) in [6.07, 6.45) is 2.10. The molecule has 0 unspecified atom stereocenters. The number of fused-ring (bicyclic) bond motifs is 1. The molecule has 4 rings (SSSR count). The van der Waals surface area contributed by atoms with E-state index < -0.39 is 0 Å². The zero-order valence-corrected chi connectivity index (χ0v) is 13.9. The molecule has 0 amide bonds. The largest absolute Gasteiger partial charge is 0.493 e. The van der Waals surface area contributed by atoms with E-state index in [1.54, 1.807) is 18.9 Å². The highest BCUT2D eigenvalue weighted by Gasteiger charge is 2.25. The van der Waals surface area contributed by atoms with Crippen LogP contribution in [0, 0.1) is 0 Å². The van der Waals surface area contributed by atoms with Gasteiger partial charge >= 0.3 is 0 Å². The number of nitrogens with one attached hydrogen (secondary N) is 1. The van der Waals surface area contributed by atoms with Crippen LogP contribution in [0.1, 0.15) is 17.2 Å². The van der Waals surface area contributed by atoms with Crippen LogP contribution in [-0.4, -0.2) is 34.4 Å². The highest BCUT2D eigenvalue weighted by molar-refractivity contribution is 5.76. The summed E-state index contributed by atoms with van der Waals surface area (Å²) in [4.78, 5) is 0. The maximum Gasteiger partial charge on any atom is 0.248 e. The molecule has 0 bridgehead atoms. The van der Waals surface area contributed by atoms with Gasteiger partial charge in [-0.3, -0.25) is 0 Å². The van der Waals surface area contributed by atoms with Crippen molar-refractivity contribution in [3.63, 3.8) is 0 Å². The van der Waals surface area contributed by atoms with Crippen LogP contribution in [0.2, 0.25) is 0 Å². The lowest BCUT2D eigenvalue weighted by molar-refractivity contribution is 0.354. The SMILES string of the molecule is COc1ccc([C@H]2C=C(c3ccccc3)Nc3nnnn32)cc1OC. The number of benzene rings is 2. The minimum Gasteiger partial charge on any atom is -0.493 e. The van der Waals surface area contributed by atoms with Crippen LogP contribution < -0.4 is 14.8 Å². The number of ether oxygens (including phenoxy) is 2. The molecule has 126 valence electrons. The normalized spacial score (nSPS) is 15.8. The molecule has 1 aromatic heterocycles. The van der Waals surface area contributed by atoms with E-state index in [2.05, 4.69) is 26.9 Å². The first-order chi connectivity index (χ1) is 12.3. The van der Waals surface area contributed by atoms with E-state index in [9.17, 15) is 0 Å². The van der Waals surface area contributed by atoms with Crippen LogP contribution in [0.5, 0.6) is 11.5 Å². The standard InChI is InChI=1S/C18H17N5O2/c1-24-16-9-8-13(10-17(16)25-2)15-11-14(12-6-4-3-5-7-12)19-18-20-21-22-23(15)18/h3-11,15H,1-2H3,(H,19,20,22)/t15-/m1/s1. The number of allylic oxidation sites excluding steroid dienone is 1. The van der Waals surface area contributed by atoms with Crippen molar-refractivity contribution >= 4 is 11.6 Å². The smallest absolute Gasteiger partial charge is 0.248 e. The summed E-state index contributed by atoms with van der Waals surface area (Å²) < 4.78 is 12.5. The summed E-state index contributed by atoms with van der Waals surface area (Å²) in [5.41, 5.74) is 3.03. The number of hydrogen-bond acceptors (Lipinski definition) is 6. The van der Waals surface area contributed by atoms with Crippen molar-refractivity contribution in [3.05, 3.63) is 65.7 Å². The molecule has 1 atom stereocenters. The van der Waals surface area contributed by atoms with E-state index in [-0.39, 0.29) is 6.04 Å². The lowest BCUT2D eigenvalue weighted by Gasteiger charge is -2.24. The second kappa shape index (κ2) is 6.27. The van der Waals surface area contributed by atoms with Crippen LogP contribution in [0.25, 0.3) is 5.70 Å². The number of nitrogens with zero attached hydrogens (tertiary/aromatic N) is 4. The van der Waals surface area contributed by atoms with E-state index in [1.165, 1.54) is 0 Å². The predicted molar refractivity (Wildman–Crippen MR) is 93.5 cm³/mol. The van der Waals surface area contributed by atoms with Crippen molar-refractivity contribution in [2.24, 2.45) is 0 Å². The molecule has 0 aliphatic carbocycles. The van der Waals surface area contributed by atoms with Gasteiger partial charge in [-0.25, -0.2) is 0 Å². The number of aromatic nitrogens is 4. The van der Waals surface area contributed by atoms with Crippen LogP contribution in [0.4, 0.5) is 5.95 Å². The van der Waals surface area contributed by atoms with Gasteiger partial charge in [0.2, 0.25) is 5.95 Å². The number of methoxy groups -OCH3 is 2. The van der Waals surface area contributed by atoms with E-state index in [1.807, 2.05) is 48.5 Å². The quantitative estimate of drug-likeness (QED) is 0.790. The van der Waals surface area contributed by atoms with Crippen molar-refractivity contribution in [1.29, 1.82) is 0 Å². The predicted octanol–water partition coefficient (Wildman–Crippen LogP) is 2.75. The molecule has 2 heterocycles. The molecule has 25 heavy (non-hydrogen) atoms. The monoisotopic (exact) mass is 335 g/mol. The Morgan fingerprint density at radius 1 is 1.00 bits per heavy atom. The first kappa shape index (κ1) is 15.2. The van der Waals surface area contributed by atoms with Gasteiger partial charge in [0, 0.05) is 5.70 Å². The summed E-state index contributed by atoms with van der Waals surface area (Å²) in [5, 5.41) is 15.3. The minimum absolute atomic E-state index is 0.152. The Hall–Kier alpha value is -3.35. The lowest BCUT2D eigenvalue weighted by atomic mass is 10.0. The van der Waals surface area contributed by atoms with Gasteiger partial charge in [0.15, 0.2) is 11.5 Å². The molecule has 7 nitrogen and oxygen atoms in total. The third kappa shape index (κ3) is 2.69. The Bertz CT molecular complexity index is 920. The fourth-order valence-corrected chi connectivity index (χ4v) is 2.91. The fraction of sp³-hybridized carbons (Fsp3) is 0.167. The molecule has 0 fully saturated rings. The molecule has 2 aromatic carbocycles. The van der Waals surface area contributed by atoms with Gasteiger partial charge in [-0.2, -0.15) is 4.68 Å². The zero-order chi connectivity index (χ0) is 17.2. The molecule has 0 saturated carbocycles. The summed E-state index contributed by atoms with van der Waals surface area (Å²) in [7, 11) is 3.24. The highest BCUT2D eigenvalue weighted by Crippen LogP contribution is 2.35. The summed E-state index contributed by atoms with van der Waals surface area (Å²) in [6.45, 7) is 0. The Kier molecular flexibility index (Phi) is 3.81. The molecule has 1 aliphatic rings. The highest BCUT2D eigenvalue weighted by atomic mass is 16.5. The molecule has 1 N–H and O–H groups in total. The third-order valence-corrected chi connectivity index (χ3v) is 4.16. The van der Waals surface area contributed by atoms with Gasteiger partial charge in [0.05, 0.1) is 14.2 Å². The Balaban J connectivity index is 1.81. The van der Waals surface area contributed by atoms with E-state index in [0.717, 1.165) is 16.8 Å². The Morgan fingerprint density at radius 2 is 1.80 bits per heavy atom. The van der Waals surface area contributed by atoms with Gasteiger partial charge in [-0.05, 0) is 39.8 Å². The van der Waals surface area contributed by atoms with Crippen molar-refractivity contribution in [1.82, 2.24) is 20.2 Å². The molecule has 0 spiro atoms. The zero-order valence-electron chi connectivity index (χ0n) is 13.9. The van der Waals surface area contributed by atoms with Crippen LogP contribution >= 0.6 is 0 Å². The molecular weight excluding hydrogens is 318 g/mol. The second-order valence-electron chi connectivity index (χ2n) is 5.58. The summed E-state index contributed by atoms with van der Waals surface area (Å²) >= 11 is 0. The fourth-order valence-electron chi connectivity index (χ4n) is 2.91. The van der Waals surface area contributed by atoms with Crippen LogP contribution in [0.3, 0.4) is 0 Å². The van der Waals surface area contributed by atoms with Gasteiger partial charge in [-0.15, -0.1) is 0 Å². The van der Waals surface area contributed by atoms with Crippen LogP contribution in [-0.2, 0) is 0 Å². The third-order valence-electron chi connectivity index (χ3n) is 4.16. The molecule has 7 heteroatoms. The van der Waals surface area contributed by atoms with E-state index in [0.29, 0.717) is 17.4 Å². The molecule has 0 saturated heterocycles.